The van der Waals surface area contributed by atoms with Crippen molar-refractivity contribution in [2.45, 2.75) is 25.9 Å². The number of rotatable bonds is 3. The molecule has 1 aliphatic rings. The summed E-state index contributed by atoms with van der Waals surface area (Å²) in [5, 5.41) is 23.2. The summed E-state index contributed by atoms with van der Waals surface area (Å²) in [5.41, 5.74) is 1.73. The lowest BCUT2D eigenvalue weighted by Gasteiger charge is -2.34. The van der Waals surface area contributed by atoms with E-state index in [1.165, 1.54) is 0 Å². The summed E-state index contributed by atoms with van der Waals surface area (Å²) in [5.74, 6) is 1.95. The molecule has 1 saturated heterocycles. The van der Waals surface area contributed by atoms with Crippen LogP contribution in [0.4, 0.5) is 5.82 Å². The number of fused-ring (bicyclic) bond motifs is 1. The number of aliphatic hydroxyl groups is 1. The van der Waals surface area contributed by atoms with E-state index in [1.807, 2.05) is 49.4 Å². The highest BCUT2D eigenvalue weighted by Gasteiger charge is 2.24. The molecule has 1 aromatic carbocycles. The molecule has 2 unspecified atom stereocenters. The van der Waals surface area contributed by atoms with Gasteiger partial charge in [-0.3, -0.25) is 0 Å². The highest BCUT2D eigenvalue weighted by atomic mass is 16.3. The van der Waals surface area contributed by atoms with Crippen LogP contribution in [0.1, 0.15) is 19.8 Å². The largest absolute Gasteiger partial charge is 0.393 e. The topological polar surface area (TPSA) is 66.5 Å². The van der Waals surface area contributed by atoms with Gasteiger partial charge in [0.25, 0.3) is 0 Å². The molecule has 1 fully saturated rings. The highest BCUT2D eigenvalue weighted by Crippen LogP contribution is 2.25. The predicted octanol–water partition coefficient (Wildman–Crippen LogP) is 2.39. The number of piperidine rings is 1. The lowest BCUT2D eigenvalue weighted by atomic mass is 9.93. The van der Waals surface area contributed by atoms with Crippen LogP contribution in [0.5, 0.6) is 0 Å². The predicted molar refractivity (Wildman–Crippen MR) is 92.8 cm³/mol. The van der Waals surface area contributed by atoms with Crippen LogP contribution in [0.25, 0.3) is 17.0 Å². The average Bonchev–Trinajstić information content (AvgIpc) is 3.05. The molecule has 6 nitrogen and oxygen atoms in total. The Balaban J connectivity index is 1.70. The first kappa shape index (κ1) is 15.1. The first-order valence-electron chi connectivity index (χ1n) is 8.43. The van der Waals surface area contributed by atoms with Crippen molar-refractivity contribution >= 4 is 11.5 Å². The minimum Gasteiger partial charge on any atom is -0.393 e. The van der Waals surface area contributed by atoms with E-state index in [-0.39, 0.29) is 6.10 Å². The van der Waals surface area contributed by atoms with Crippen LogP contribution in [-0.2, 0) is 0 Å². The lowest BCUT2D eigenvalue weighted by Crippen LogP contribution is -2.40. The van der Waals surface area contributed by atoms with Gasteiger partial charge in [0.05, 0.1) is 6.10 Å². The molecular weight excluding hydrogens is 302 g/mol. The van der Waals surface area contributed by atoms with Crippen LogP contribution in [-0.4, -0.2) is 44.1 Å². The van der Waals surface area contributed by atoms with Gasteiger partial charge in [-0.2, -0.15) is 4.52 Å². The zero-order valence-electron chi connectivity index (χ0n) is 13.7. The van der Waals surface area contributed by atoms with Crippen molar-refractivity contribution in [2.75, 3.05) is 18.0 Å². The number of aliphatic hydroxyl groups excluding tert-OH is 1. The zero-order valence-corrected chi connectivity index (χ0v) is 13.7. The lowest BCUT2D eigenvalue weighted by molar-refractivity contribution is 0.115. The number of nitrogens with zero attached hydrogens (tertiary/aromatic N) is 5. The minimum atomic E-state index is -0.286. The second kappa shape index (κ2) is 6.20. The molecule has 3 aromatic rings. The molecular formula is C18H21N5O. The Morgan fingerprint density at radius 1 is 1.12 bits per heavy atom. The number of hydrogen-bond acceptors (Lipinski definition) is 5. The van der Waals surface area contributed by atoms with Gasteiger partial charge in [0.15, 0.2) is 11.5 Å². The van der Waals surface area contributed by atoms with E-state index in [0.29, 0.717) is 5.92 Å². The Hall–Kier alpha value is -2.47. The van der Waals surface area contributed by atoms with Gasteiger partial charge in [-0.1, -0.05) is 30.3 Å². The van der Waals surface area contributed by atoms with E-state index in [0.717, 1.165) is 48.8 Å². The summed E-state index contributed by atoms with van der Waals surface area (Å²) in [6, 6.07) is 13.9. The molecule has 0 bridgehead atoms. The van der Waals surface area contributed by atoms with Gasteiger partial charge in [0, 0.05) is 24.6 Å². The average molecular weight is 323 g/mol. The second-order valence-electron chi connectivity index (χ2n) is 6.44. The number of aromatic nitrogens is 4. The third kappa shape index (κ3) is 2.73. The number of benzene rings is 1. The van der Waals surface area contributed by atoms with E-state index < -0.39 is 0 Å². The van der Waals surface area contributed by atoms with Gasteiger partial charge in [-0.15, -0.1) is 15.3 Å². The maximum Gasteiger partial charge on any atom is 0.185 e. The second-order valence-corrected chi connectivity index (χ2v) is 6.44. The highest BCUT2D eigenvalue weighted by molar-refractivity contribution is 5.59. The molecule has 4 rings (SSSR count). The molecule has 3 heterocycles. The quantitative estimate of drug-likeness (QED) is 0.801. The Bertz CT molecular complexity index is 830. The van der Waals surface area contributed by atoms with Gasteiger partial charge in [-0.05, 0) is 31.9 Å². The van der Waals surface area contributed by atoms with Gasteiger partial charge in [0.2, 0.25) is 0 Å². The van der Waals surface area contributed by atoms with Crippen molar-refractivity contribution in [3.8, 4) is 11.4 Å². The number of hydrogen-bond donors (Lipinski definition) is 1. The summed E-state index contributed by atoms with van der Waals surface area (Å²) >= 11 is 0. The first-order valence-corrected chi connectivity index (χ1v) is 8.43. The standard InChI is InChI=1S/C18H21N5O/c1-13(24)15-8-5-11-22(12-15)17-10-9-16-19-20-18(23(16)21-17)14-6-3-2-4-7-14/h2-4,6-7,9-10,13,15,24H,5,8,11-12H2,1H3. The van der Waals surface area contributed by atoms with Crippen molar-refractivity contribution in [3.05, 3.63) is 42.5 Å². The fourth-order valence-corrected chi connectivity index (χ4v) is 3.33. The summed E-state index contributed by atoms with van der Waals surface area (Å²) in [7, 11) is 0. The van der Waals surface area contributed by atoms with Crippen LogP contribution in [0.3, 0.4) is 0 Å². The van der Waals surface area contributed by atoms with Gasteiger partial charge in [-0.25, -0.2) is 0 Å². The first-order chi connectivity index (χ1) is 11.7. The smallest absolute Gasteiger partial charge is 0.185 e. The van der Waals surface area contributed by atoms with Crippen molar-refractivity contribution in [1.82, 2.24) is 19.8 Å². The third-order valence-corrected chi connectivity index (χ3v) is 4.74. The van der Waals surface area contributed by atoms with E-state index in [9.17, 15) is 5.11 Å². The molecule has 1 N–H and O–H groups in total. The fraction of sp³-hybridized carbons (Fsp3) is 0.389. The van der Waals surface area contributed by atoms with Crippen molar-refractivity contribution in [2.24, 2.45) is 5.92 Å². The molecule has 0 radical (unpaired) electrons. The zero-order chi connectivity index (χ0) is 16.5. The third-order valence-electron chi connectivity index (χ3n) is 4.74. The van der Waals surface area contributed by atoms with Crippen LogP contribution in [0, 0.1) is 5.92 Å². The Morgan fingerprint density at radius 3 is 2.75 bits per heavy atom. The van der Waals surface area contributed by atoms with Gasteiger partial charge >= 0.3 is 0 Å². The molecule has 0 saturated carbocycles. The molecule has 2 aromatic heterocycles. The molecule has 24 heavy (non-hydrogen) atoms. The molecule has 6 heteroatoms. The molecule has 2 atom stereocenters. The van der Waals surface area contributed by atoms with Gasteiger partial charge in [0.1, 0.15) is 5.82 Å². The van der Waals surface area contributed by atoms with Crippen molar-refractivity contribution in [3.63, 3.8) is 0 Å². The normalized spacial score (nSPS) is 19.6. The summed E-state index contributed by atoms with van der Waals surface area (Å²) in [6.45, 7) is 3.67. The summed E-state index contributed by atoms with van der Waals surface area (Å²) in [6.07, 6.45) is 1.85. The van der Waals surface area contributed by atoms with Crippen molar-refractivity contribution < 1.29 is 5.11 Å². The maximum atomic E-state index is 9.90. The van der Waals surface area contributed by atoms with E-state index >= 15 is 0 Å². The van der Waals surface area contributed by atoms with E-state index in [2.05, 4.69) is 15.1 Å². The summed E-state index contributed by atoms with van der Waals surface area (Å²) in [4.78, 5) is 2.25. The van der Waals surface area contributed by atoms with E-state index in [4.69, 9.17) is 5.10 Å². The molecule has 1 aliphatic heterocycles. The van der Waals surface area contributed by atoms with Crippen LogP contribution in [0.2, 0.25) is 0 Å². The van der Waals surface area contributed by atoms with Crippen LogP contribution < -0.4 is 4.90 Å². The molecule has 0 spiro atoms. The Morgan fingerprint density at radius 2 is 1.96 bits per heavy atom. The van der Waals surface area contributed by atoms with Crippen molar-refractivity contribution in [1.29, 1.82) is 0 Å². The Labute approximate surface area is 140 Å². The SMILES string of the molecule is CC(O)C1CCCN(c2ccc3nnc(-c4ccccc4)n3n2)C1. The molecule has 0 aliphatic carbocycles. The monoisotopic (exact) mass is 323 g/mol. The molecule has 0 amide bonds. The minimum absolute atomic E-state index is 0.286. The fourth-order valence-electron chi connectivity index (χ4n) is 3.33. The number of anilines is 1. The Kier molecular flexibility index (Phi) is 3.90. The van der Waals surface area contributed by atoms with Crippen LogP contribution in [0.15, 0.2) is 42.5 Å². The van der Waals surface area contributed by atoms with Crippen LogP contribution >= 0.6 is 0 Å². The van der Waals surface area contributed by atoms with E-state index in [1.54, 1.807) is 4.52 Å². The van der Waals surface area contributed by atoms with Gasteiger partial charge < -0.3 is 10.0 Å². The summed E-state index contributed by atoms with van der Waals surface area (Å²) < 4.78 is 1.80. The molecule has 124 valence electrons. The maximum absolute atomic E-state index is 9.90.